The van der Waals surface area contributed by atoms with Crippen molar-refractivity contribution in [1.29, 1.82) is 0 Å². The number of anilines is 2. The normalized spacial score (nSPS) is 10.2. The van der Waals surface area contributed by atoms with Gasteiger partial charge in [-0.3, -0.25) is 0 Å². The molecule has 0 aliphatic carbocycles. The van der Waals surface area contributed by atoms with E-state index in [4.69, 9.17) is 5.73 Å². The molecule has 17 heavy (non-hydrogen) atoms. The fraction of sp³-hybridized carbons (Fsp3) is 0.167. The first kappa shape index (κ1) is 11.3. The molecule has 1 heterocycles. The maximum Gasteiger partial charge on any atom is 0.221 e. The Hall–Kier alpha value is -2.17. The number of hydrogen-bond acceptors (Lipinski definition) is 4. The Kier molecular flexibility index (Phi) is 3.18. The molecule has 0 saturated carbocycles. The average Bonchev–Trinajstić information content (AvgIpc) is 2.29. The number of nitrogens with zero attached hydrogens (tertiary/aromatic N) is 3. The van der Waals surface area contributed by atoms with Crippen molar-refractivity contribution in [3.8, 4) is 0 Å². The lowest BCUT2D eigenvalue weighted by molar-refractivity contribution is 0.625. The predicted molar refractivity (Wildman–Crippen MR) is 65.0 cm³/mol. The van der Waals surface area contributed by atoms with Gasteiger partial charge in [-0.05, 0) is 23.8 Å². The molecule has 0 atom stereocenters. The van der Waals surface area contributed by atoms with E-state index in [1.807, 2.05) is 18.0 Å². The molecule has 2 aromatic rings. The lowest BCUT2D eigenvalue weighted by atomic mass is 10.2. The highest BCUT2D eigenvalue weighted by Crippen LogP contribution is 2.13. The SMILES string of the molecule is CN(Cc1cccc(F)c1)c1ccnc(N)n1. The highest BCUT2D eigenvalue weighted by Gasteiger charge is 2.04. The van der Waals surface area contributed by atoms with Crippen LogP contribution in [-0.4, -0.2) is 17.0 Å². The number of nitrogen functional groups attached to an aromatic ring is 1. The Morgan fingerprint density at radius 3 is 2.88 bits per heavy atom. The Bertz CT molecular complexity index is 515. The van der Waals surface area contributed by atoms with E-state index in [9.17, 15) is 4.39 Å². The van der Waals surface area contributed by atoms with Crippen LogP contribution in [0, 0.1) is 5.82 Å². The number of aromatic nitrogens is 2. The van der Waals surface area contributed by atoms with Crippen LogP contribution in [0.4, 0.5) is 16.2 Å². The van der Waals surface area contributed by atoms with Gasteiger partial charge >= 0.3 is 0 Å². The van der Waals surface area contributed by atoms with Crippen molar-refractivity contribution < 1.29 is 4.39 Å². The molecule has 0 saturated heterocycles. The van der Waals surface area contributed by atoms with E-state index in [0.29, 0.717) is 12.4 Å². The van der Waals surface area contributed by atoms with Crippen molar-refractivity contribution in [2.24, 2.45) is 0 Å². The van der Waals surface area contributed by atoms with Crippen LogP contribution in [0.3, 0.4) is 0 Å². The summed E-state index contributed by atoms with van der Waals surface area (Å²) in [6, 6.07) is 8.24. The zero-order valence-electron chi connectivity index (χ0n) is 9.47. The van der Waals surface area contributed by atoms with Gasteiger partial charge in [-0.15, -0.1) is 0 Å². The van der Waals surface area contributed by atoms with Crippen molar-refractivity contribution >= 4 is 11.8 Å². The molecule has 1 aromatic carbocycles. The third kappa shape index (κ3) is 2.90. The minimum Gasteiger partial charge on any atom is -0.368 e. The van der Waals surface area contributed by atoms with Crippen molar-refractivity contribution in [2.75, 3.05) is 17.7 Å². The molecule has 0 spiro atoms. The number of nitrogens with two attached hydrogens (primary N) is 1. The number of benzene rings is 1. The van der Waals surface area contributed by atoms with Gasteiger partial charge in [0.2, 0.25) is 5.95 Å². The maximum absolute atomic E-state index is 13.0. The fourth-order valence-electron chi connectivity index (χ4n) is 1.57. The minimum atomic E-state index is -0.238. The average molecular weight is 232 g/mol. The van der Waals surface area contributed by atoms with Crippen LogP contribution < -0.4 is 10.6 Å². The van der Waals surface area contributed by atoms with Crippen LogP contribution >= 0.6 is 0 Å². The van der Waals surface area contributed by atoms with E-state index in [-0.39, 0.29) is 11.8 Å². The monoisotopic (exact) mass is 232 g/mol. The molecular formula is C12H13FN4. The smallest absolute Gasteiger partial charge is 0.221 e. The topological polar surface area (TPSA) is 55.0 Å². The Labute approximate surface area is 98.9 Å². The van der Waals surface area contributed by atoms with Gasteiger partial charge < -0.3 is 10.6 Å². The first-order valence-corrected chi connectivity index (χ1v) is 5.19. The van der Waals surface area contributed by atoms with Crippen LogP contribution in [0.15, 0.2) is 36.5 Å². The molecule has 0 unspecified atom stereocenters. The van der Waals surface area contributed by atoms with Gasteiger partial charge in [0.05, 0.1) is 0 Å². The van der Waals surface area contributed by atoms with Crippen LogP contribution in [0.1, 0.15) is 5.56 Å². The molecule has 5 heteroatoms. The molecule has 88 valence electrons. The third-order valence-electron chi connectivity index (χ3n) is 2.36. The van der Waals surface area contributed by atoms with E-state index in [2.05, 4.69) is 9.97 Å². The number of rotatable bonds is 3. The van der Waals surface area contributed by atoms with Gasteiger partial charge in [0.1, 0.15) is 11.6 Å². The summed E-state index contributed by atoms with van der Waals surface area (Å²) in [6.07, 6.45) is 1.60. The molecule has 0 amide bonds. The van der Waals surface area contributed by atoms with Gasteiger partial charge in [-0.2, -0.15) is 4.98 Å². The summed E-state index contributed by atoms with van der Waals surface area (Å²) in [5.41, 5.74) is 6.38. The van der Waals surface area contributed by atoms with E-state index in [1.54, 1.807) is 18.3 Å². The fourth-order valence-corrected chi connectivity index (χ4v) is 1.57. The first-order valence-electron chi connectivity index (χ1n) is 5.19. The summed E-state index contributed by atoms with van der Waals surface area (Å²) in [6.45, 7) is 0.564. The molecule has 0 aliphatic heterocycles. The predicted octanol–water partition coefficient (Wildman–Crippen LogP) is 1.83. The molecule has 4 nitrogen and oxygen atoms in total. The second-order valence-corrected chi connectivity index (χ2v) is 3.76. The quantitative estimate of drug-likeness (QED) is 0.877. The summed E-state index contributed by atoms with van der Waals surface area (Å²) in [5, 5.41) is 0. The molecule has 0 aliphatic rings. The van der Waals surface area contributed by atoms with Crippen molar-refractivity contribution in [1.82, 2.24) is 9.97 Å². The number of halogens is 1. The Morgan fingerprint density at radius 2 is 2.18 bits per heavy atom. The van der Waals surface area contributed by atoms with Gasteiger partial charge in [0.15, 0.2) is 0 Å². The summed E-state index contributed by atoms with van der Waals surface area (Å²) >= 11 is 0. The van der Waals surface area contributed by atoms with Crippen LogP contribution in [-0.2, 0) is 6.54 Å². The zero-order valence-corrected chi connectivity index (χ0v) is 9.47. The Balaban J connectivity index is 2.14. The summed E-state index contributed by atoms with van der Waals surface area (Å²) in [4.78, 5) is 9.80. The van der Waals surface area contributed by atoms with Gasteiger partial charge in [-0.1, -0.05) is 12.1 Å². The van der Waals surface area contributed by atoms with E-state index >= 15 is 0 Å². The zero-order chi connectivity index (χ0) is 12.3. The first-order chi connectivity index (χ1) is 8.15. The van der Waals surface area contributed by atoms with E-state index < -0.39 is 0 Å². The highest BCUT2D eigenvalue weighted by molar-refractivity contribution is 5.40. The van der Waals surface area contributed by atoms with Gasteiger partial charge in [0.25, 0.3) is 0 Å². The number of hydrogen-bond donors (Lipinski definition) is 1. The molecule has 2 N–H and O–H groups in total. The molecule has 0 radical (unpaired) electrons. The molecule has 0 fully saturated rings. The summed E-state index contributed by atoms with van der Waals surface area (Å²) < 4.78 is 13.0. The van der Waals surface area contributed by atoms with Crippen LogP contribution in [0.25, 0.3) is 0 Å². The molecule has 2 rings (SSSR count). The lowest BCUT2D eigenvalue weighted by Gasteiger charge is -2.18. The Morgan fingerprint density at radius 1 is 1.35 bits per heavy atom. The summed E-state index contributed by atoms with van der Waals surface area (Å²) in [7, 11) is 1.87. The van der Waals surface area contributed by atoms with Crippen molar-refractivity contribution in [3.05, 3.63) is 47.9 Å². The standard InChI is InChI=1S/C12H13FN4/c1-17(11-5-6-15-12(14)16-11)8-9-3-2-4-10(13)7-9/h2-7H,8H2,1H3,(H2,14,15,16). The highest BCUT2D eigenvalue weighted by atomic mass is 19.1. The largest absolute Gasteiger partial charge is 0.368 e. The van der Waals surface area contributed by atoms with E-state index in [0.717, 1.165) is 5.56 Å². The van der Waals surface area contributed by atoms with Crippen molar-refractivity contribution in [3.63, 3.8) is 0 Å². The third-order valence-corrected chi connectivity index (χ3v) is 2.36. The van der Waals surface area contributed by atoms with Gasteiger partial charge in [0, 0.05) is 19.8 Å². The summed E-state index contributed by atoms with van der Waals surface area (Å²) in [5.74, 6) is 0.702. The molecule has 0 bridgehead atoms. The lowest BCUT2D eigenvalue weighted by Crippen LogP contribution is -2.18. The van der Waals surface area contributed by atoms with E-state index in [1.165, 1.54) is 12.1 Å². The molecule has 1 aromatic heterocycles. The van der Waals surface area contributed by atoms with Gasteiger partial charge in [-0.25, -0.2) is 9.37 Å². The van der Waals surface area contributed by atoms with Crippen LogP contribution in [0.5, 0.6) is 0 Å². The second kappa shape index (κ2) is 4.78. The molecular weight excluding hydrogens is 219 g/mol. The minimum absolute atomic E-state index is 0.230. The second-order valence-electron chi connectivity index (χ2n) is 3.76. The van der Waals surface area contributed by atoms with Crippen molar-refractivity contribution in [2.45, 2.75) is 6.54 Å². The van der Waals surface area contributed by atoms with Crippen LogP contribution in [0.2, 0.25) is 0 Å². The maximum atomic E-state index is 13.0.